The Kier molecular flexibility index (Phi) is 6.94. The molecule has 3 aromatic rings. The Morgan fingerprint density at radius 1 is 0.886 bits per heavy atom. The van der Waals surface area contributed by atoms with Crippen LogP contribution in [0.2, 0.25) is 10.0 Å². The van der Waals surface area contributed by atoms with E-state index in [1.807, 2.05) is 36.2 Å². The van der Waals surface area contributed by atoms with E-state index in [0.29, 0.717) is 12.1 Å². The van der Waals surface area contributed by atoms with Gasteiger partial charge in [-0.3, -0.25) is 9.69 Å². The molecule has 2 aliphatic heterocycles. The number of halogens is 2. The molecule has 5 rings (SSSR count). The lowest BCUT2D eigenvalue weighted by Crippen LogP contribution is -2.54. The second-order valence-corrected chi connectivity index (χ2v) is 11.0. The summed E-state index contributed by atoms with van der Waals surface area (Å²) >= 11 is 13.6. The predicted molar refractivity (Wildman–Crippen MR) is 144 cm³/mol. The molecule has 3 aromatic carbocycles. The molecule has 2 fully saturated rings. The van der Waals surface area contributed by atoms with Gasteiger partial charge in [0.2, 0.25) is 5.91 Å². The van der Waals surface area contributed by atoms with Crippen LogP contribution in [0, 0.1) is 0 Å². The lowest BCUT2D eigenvalue weighted by atomic mass is 9.69. The number of hydrogen-bond donors (Lipinski definition) is 0. The molecule has 5 heteroatoms. The molecule has 2 heterocycles. The van der Waals surface area contributed by atoms with Gasteiger partial charge in [0.05, 0.1) is 6.04 Å². The van der Waals surface area contributed by atoms with Gasteiger partial charge in [0.25, 0.3) is 0 Å². The highest BCUT2D eigenvalue weighted by atomic mass is 35.5. The lowest BCUT2D eigenvalue weighted by Gasteiger charge is -2.51. The highest BCUT2D eigenvalue weighted by Gasteiger charge is 2.52. The zero-order chi connectivity index (χ0) is 24.6. The van der Waals surface area contributed by atoms with Crippen molar-refractivity contribution in [2.75, 3.05) is 13.6 Å². The van der Waals surface area contributed by atoms with Crippen LogP contribution in [-0.4, -0.2) is 41.4 Å². The maximum atomic E-state index is 12.3. The number of fused-ring (bicyclic) bond motifs is 2. The van der Waals surface area contributed by atoms with Gasteiger partial charge < -0.3 is 4.90 Å². The summed E-state index contributed by atoms with van der Waals surface area (Å²) in [6.07, 6.45) is 4.26. The quantitative estimate of drug-likeness (QED) is 0.355. The Morgan fingerprint density at radius 2 is 1.37 bits per heavy atom. The number of benzene rings is 3. The van der Waals surface area contributed by atoms with Gasteiger partial charge in [0, 0.05) is 48.1 Å². The van der Waals surface area contributed by atoms with E-state index >= 15 is 0 Å². The molecule has 0 saturated carbocycles. The maximum absolute atomic E-state index is 12.3. The second-order valence-electron chi connectivity index (χ2n) is 10.2. The van der Waals surface area contributed by atoms with Crippen LogP contribution in [0.5, 0.6) is 0 Å². The Morgan fingerprint density at radius 3 is 1.86 bits per heavy atom. The first-order valence-electron chi connectivity index (χ1n) is 12.4. The minimum atomic E-state index is -0.0739. The van der Waals surface area contributed by atoms with Crippen LogP contribution in [0.3, 0.4) is 0 Å². The van der Waals surface area contributed by atoms with E-state index < -0.39 is 0 Å². The van der Waals surface area contributed by atoms with E-state index in [1.54, 1.807) is 6.92 Å². The van der Waals surface area contributed by atoms with Gasteiger partial charge in [0.1, 0.15) is 0 Å². The Bertz CT molecular complexity index is 1140. The van der Waals surface area contributed by atoms with Crippen molar-refractivity contribution in [3.63, 3.8) is 0 Å². The summed E-state index contributed by atoms with van der Waals surface area (Å²) in [5.74, 6) is 0.111. The van der Waals surface area contributed by atoms with E-state index in [2.05, 4.69) is 59.5 Å². The molecule has 2 aliphatic rings. The molecule has 2 bridgehead atoms. The van der Waals surface area contributed by atoms with Crippen LogP contribution in [0.1, 0.15) is 55.3 Å². The zero-order valence-corrected chi connectivity index (χ0v) is 21.8. The molecule has 0 aliphatic carbocycles. The molecular formula is C30H32Cl2N2O. The third-order valence-corrected chi connectivity index (χ3v) is 8.78. The van der Waals surface area contributed by atoms with E-state index in [9.17, 15) is 4.79 Å². The van der Waals surface area contributed by atoms with Crippen molar-refractivity contribution in [3.8, 4) is 0 Å². The summed E-state index contributed by atoms with van der Waals surface area (Å²) in [4.78, 5) is 16.8. The molecule has 1 unspecified atom stereocenters. The average molecular weight is 508 g/mol. The highest BCUT2D eigenvalue weighted by Crippen LogP contribution is 2.52. The third-order valence-electron chi connectivity index (χ3n) is 8.09. The summed E-state index contributed by atoms with van der Waals surface area (Å²) in [6.45, 7) is 2.39. The van der Waals surface area contributed by atoms with E-state index in [0.717, 1.165) is 53.4 Å². The van der Waals surface area contributed by atoms with Crippen molar-refractivity contribution in [1.29, 1.82) is 0 Å². The Hall–Kier alpha value is -2.33. The normalized spacial score (nSPS) is 24.0. The number of likely N-dealkylation sites (N-methyl/N-ethyl adjacent to an activating group) is 1. The van der Waals surface area contributed by atoms with Crippen LogP contribution in [0.25, 0.3) is 0 Å². The second kappa shape index (κ2) is 9.97. The van der Waals surface area contributed by atoms with Crippen LogP contribution < -0.4 is 0 Å². The van der Waals surface area contributed by atoms with Crippen molar-refractivity contribution in [2.24, 2.45) is 0 Å². The van der Waals surface area contributed by atoms with Crippen LogP contribution in [0.15, 0.2) is 78.9 Å². The molecule has 182 valence electrons. The first-order valence-corrected chi connectivity index (χ1v) is 13.2. The number of amides is 1. The number of hydrogen-bond acceptors (Lipinski definition) is 2. The summed E-state index contributed by atoms with van der Waals surface area (Å²) < 4.78 is 0. The van der Waals surface area contributed by atoms with Crippen LogP contribution >= 0.6 is 23.2 Å². The van der Waals surface area contributed by atoms with E-state index in [4.69, 9.17) is 23.2 Å². The number of piperidine rings is 1. The summed E-state index contributed by atoms with van der Waals surface area (Å²) in [6, 6.07) is 27.8. The minimum absolute atomic E-state index is 0.00536. The topological polar surface area (TPSA) is 23.6 Å². The first kappa shape index (κ1) is 24.4. The molecule has 3 nitrogen and oxygen atoms in total. The first-order chi connectivity index (χ1) is 16.9. The molecule has 0 aromatic heterocycles. The molecule has 0 radical (unpaired) electrons. The third kappa shape index (κ3) is 4.62. The highest BCUT2D eigenvalue weighted by molar-refractivity contribution is 6.32. The number of nitrogens with zero attached hydrogens (tertiary/aromatic N) is 2. The van der Waals surface area contributed by atoms with Gasteiger partial charge in [-0.1, -0.05) is 89.9 Å². The average Bonchev–Trinajstić information content (AvgIpc) is 3.12. The van der Waals surface area contributed by atoms with Gasteiger partial charge in [-0.2, -0.15) is 0 Å². The Labute approximate surface area is 218 Å². The fourth-order valence-corrected chi connectivity index (χ4v) is 6.98. The van der Waals surface area contributed by atoms with E-state index in [1.165, 1.54) is 5.56 Å². The fourth-order valence-electron chi connectivity index (χ4n) is 6.50. The van der Waals surface area contributed by atoms with Crippen molar-refractivity contribution in [2.45, 2.75) is 56.1 Å². The summed E-state index contributed by atoms with van der Waals surface area (Å²) in [5, 5.41) is 1.54. The van der Waals surface area contributed by atoms with Gasteiger partial charge in [-0.15, -0.1) is 0 Å². The maximum Gasteiger partial charge on any atom is 0.219 e. The van der Waals surface area contributed by atoms with E-state index in [-0.39, 0.29) is 17.4 Å². The SMILES string of the molecule is CC(=O)N(C)CC1(c2ccccc2)C[C@H]2CC[C@@H](C1)N2C(c1ccccc1Cl)c1ccccc1Cl. The lowest BCUT2D eigenvalue weighted by molar-refractivity contribution is -0.128. The molecule has 0 N–H and O–H groups in total. The van der Waals surface area contributed by atoms with Gasteiger partial charge in [-0.05, 0) is 54.5 Å². The molecule has 3 atom stereocenters. The van der Waals surface area contributed by atoms with Gasteiger partial charge >= 0.3 is 0 Å². The predicted octanol–water partition coefficient (Wildman–Crippen LogP) is 7.13. The minimum Gasteiger partial charge on any atom is -0.345 e. The number of carbonyl (C=O) groups excluding carboxylic acids is 1. The summed E-state index contributed by atoms with van der Waals surface area (Å²) in [5.41, 5.74) is 3.46. The van der Waals surface area contributed by atoms with Crippen molar-refractivity contribution in [1.82, 2.24) is 9.80 Å². The van der Waals surface area contributed by atoms with Gasteiger partial charge in [0.15, 0.2) is 0 Å². The van der Waals surface area contributed by atoms with Gasteiger partial charge in [-0.25, -0.2) is 0 Å². The number of rotatable bonds is 6. The monoisotopic (exact) mass is 506 g/mol. The smallest absolute Gasteiger partial charge is 0.219 e. The van der Waals surface area contributed by atoms with Crippen molar-refractivity contribution in [3.05, 3.63) is 106 Å². The van der Waals surface area contributed by atoms with Crippen LogP contribution in [-0.2, 0) is 10.2 Å². The van der Waals surface area contributed by atoms with Crippen LogP contribution in [0.4, 0.5) is 0 Å². The Balaban J connectivity index is 1.58. The summed E-state index contributed by atoms with van der Waals surface area (Å²) in [7, 11) is 1.93. The zero-order valence-electron chi connectivity index (χ0n) is 20.3. The molecule has 35 heavy (non-hydrogen) atoms. The van der Waals surface area contributed by atoms with Crippen molar-refractivity contribution < 1.29 is 4.79 Å². The number of carbonyl (C=O) groups is 1. The fraction of sp³-hybridized carbons (Fsp3) is 0.367. The van der Waals surface area contributed by atoms with Crippen molar-refractivity contribution >= 4 is 29.1 Å². The molecular weight excluding hydrogens is 475 g/mol. The largest absolute Gasteiger partial charge is 0.345 e. The standard InChI is InChI=1S/C30H32Cl2N2O/c1-21(35)33(2)20-30(22-10-4-3-5-11-22)18-23-16-17-24(19-30)34(23)29(25-12-6-8-14-27(25)31)26-13-7-9-15-28(26)32/h3-15,23-24,29H,16-20H2,1-2H3/t23-,24+,30?. The molecule has 2 saturated heterocycles. The molecule has 0 spiro atoms. The molecule has 1 amide bonds.